The van der Waals surface area contributed by atoms with Crippen LogP contribution in [0.15, 0.2) is 53.7 Å². The van der Waals surface area contributed by atoms with Gasteiger partial charge in [0, 0.05) is 17.2 Å². The standard InChI is InChI=1S/C16H16FNO3/c1-20-18-16(12-5-3-2-4-6-12)11-21-14-8-7-13(10-19)15(17)9-14/h2-9,19H,10-11H2,1H3. The van der Waals surface area contributed by atoms with Crippen molar-refractivity contribution < 1.29 is 19.1 Å². The number of benzene rings is 2. The van der Waals surface area contributed by atoms with Crippen molar-refractivity contribution in [2.24, 2.45) is 5.16 Å². The molecule has 0 fully saturated rings. The molecule has 0 aliphatic carbocycles. The Hall–Kier alpha value is -2.40. The zero-order valence-corrected chi connectivity index (χ0v) is 11.6. The van der Waals surface area contributed by atoms with Crippen molar-refractivity contribution in [2.75, 3.05) is 13.7 Å². The maximum atomic E-state index is 13.6. The number of halogens is 1. The number of oxime groups is 1. The molecule has 0 atom stereocenters. The summed E-state index contributed by atoms with van der Waals surface area (Å²) in [6, 6.07) is 13.8. The van der Waals surface area contributed by atoms with Gasteiger partial charge in [-0.05, 0) is 6.07 Å². The molecule has 0 amide bonds. The summed E-state index contributed by atoms with van der Waals surface area (Å²) >= 11 is 0. The number of nitrogens with zero attached hydrogens (tertiary/aromatic N) is 1. The molecule has 0 aliphatic heterocycles. The van der Waals surface area contributed by atoms with Gasteiger partial charge < -0.3 is 14.7 Å². The maximum absolute atomic E-state index is 13.6. The second-order valence-electron chi connectivity index (χ2n) is 4.29. The van der Waals surface area contributed by atoms with Crippen molar-refractivity contribution in [3.05, 3.63) is 65.5 Å². The zero-order chi connectivity index (χ0) is 15.1. The van der Waals surface area contributed by atoms with Gasteiger partial charge in [-0.3, -0.25) is 0 Å². The minimum atomic E-state index is -0.500. The van der Waals surface area contributed by atoms with Crippen LogP contribution in [0.25, 0.3) is 0 Å². The summed E-state index contributed by atoms with van der Waals surface area (Å²) < 4.78 is 19.1. The molecule has 0 radical (unpaired) electrons. The van der Waals surface area contributed by atoms with E-state index in [4.69, 9.17) is 14.7 Å². The molecule has 2 aromatic rings. The fraction of sp³-hybridized carbons (Fsp3) is 0.188. The van der Waals surface area contributed by atoms with Crippen molar-refractivity contribution in [1.29, 1.82) is 0 Å². The summed E-state index contributed by atoms with van der Waals surface area (Å²) in [7, 11) is 1.46. The highest BCUT2D eigenvalue weighted by Crippen LogP contribution is 2.17. The lowest BCUT2D eigenvalue weighted by Crippen LogP contribution is -2.13. The van der Waals surface area contributed by atoms with E-state index in [-0.39, 0.29) is 18.8 Å². The number of ether oxygens (including phenoxy) is 1. The second kappa shape index (κ2) is 7.40. The fourth-order valence-corrected chi connectivity index (χ4v) is 1.80. The van der Waals surface area contributed by atoms with Crippen molar-refractivity contribution >= 4 is 5.71 Å². The number of aliphatic hydroxyl groups excluding tert-OH is 1. The molecule has 1 N–H and O–H groups in total. The van der Waals surface area contributed by atoms with Crippen molar-refractivity contribution in [3.8, 4) is 5.75 Å². The van der Waals surface area contributed by atoms with Gasteiger partial charge in [0.2, 0.25) is 0 Å². The number of hydrogen-bond donors (Lipinski definition) is 1. The quantitative estimate of drug-likeness (QED) is 0.657. The van der Waals surface area contributed by atoms with E-state index < -0.39 is 5.82 Å². The summed E-state index contributed by atoms with van der Waals surface area (Å²) in [5, 5.41) is 12.9. The number of rotatable bonds is 6. The predicted octanol–water partition coefficient (Wildman–Crippen LogP) is 2.75. The van der Waals surface area contributed by atoms with E-state index in [1.165, 1.54) is 19.2 Å². The number of hydrogen-bond acceptors (Lipinski definition) is 4. The van der Waals surface area contributed by atoms with Crippen LogP contribution < -0.4 is 4.74 Å². The van der Waals surface area contributed by atoms with Crippen LogP contribution in [0.4, 0.5) is 4.39 Å². The van der Waals surface area contributed by atoms with E-state index in [9.17, 15) is 4.39 Å². The van der Waals surface area contributed by atoms with Gasteiger partial charge in [-0.15, -0.1) is 0 Å². The third-order valence-corrected chi connectivity index (χ3v) is 2.88. The topological polar surface area (TPSA) is 51.0 Å². The molecule has 0 saturated heterocycles. The number of aliphatic hydroxyl groups is 1. The van der Waals surface area contributed by atoms with Gasteiger partial charge in [0.1, 0.15) is 31.0 Å². The van der Waals surface area contributed by atoms with E-state index in [1.807, 2.05) is 30.3 Å². The van der Waals surface area contributed by atoms with Gasteiger partial charge in [0.05, 0.1) is 6.61 Å². The average molecular weight is 289 g/mol. The molecule has 0 bridgehead atoms. The lowest BCUT2D eigenvalue weighted by atomic mass is 10.1. The molecule has 0 saturated carbocycles. The molecule has 0 spiro atoms. The lowest BCUT2D eigenvalue weighted by molar-refractivity contribution is 0.210. The zero-order valence-electron chi connectivity index (χ0n) is 11.6. The Morgan fingerprint density at radius 2 is 1.95 bits per heavy atom. The molecule has 110 valence electrons. The Morgan fingerprint density at radius 3 is 2.57 bits per heavy atom. The lowest BCUT2D eigenvalue weighted by Gasteiger charge is -2.09. The smallest absolute Gasteiger partial charge is 0.134 e. The van der Waals surface area contributed by atoms with Gasteiger partial charge >= 0.3 is 0 Å². The van der Waals surface area contributed by atoms with Crippen molar-refractivity contribution in [1.82, 2.24) is 0 Å². The van der Waals surface area contributed by atoms with Gasteiger partial charge in [0.25, 0.3) is 0 Å². The van der Waals surface area contributed by atoms with Gasteiger partial charge in [-0.2, -0.15) is 0 Å². The first-order chi connectivity index (χ1) is 10.2. The molecule has 2 rings (SSSR count). The Labute approximate surface area is 122 Å². The molecule has 0 heterocycles. The monoisotopic (exact) mass is 289 g/mol. The van der Waals surface area contributed by atoms with Crippen LogP contribution in [0.1, 0.15) is 11.1 Å². The van der Waals surface area contributed by atoms with Gasteiger partial charge in [-0.1, -0.05) is 41.6 Å². The summed E-state index contributed by atoms with van der Waals surface area (Å²) in [5.74, 6) is -0.135. The molecular formula is C16H16FNO3. The first-order valence-corrected chi connectivity index (χ1v) is 6.42. The van der Waals surface area contributed by atoms with Gasteiger partial charge in [-0.25, -0.2) is 4.39 Å². The van der Waals surface area contributed by atoms with Crippen molar-refractivity contribution in [2.45, 2.75) is 6.61 Å². The van der Waals surface area contributed by atoms with E-state index >= 15 is 0 Å². The van der Waals surface area contributed by atoms with Crippen LogP contribution in [0.2, 0.25) is 0 Å². The third-order valence-electron chi connectivity index (χ3n) is 2.88. The van der Waals surface area contributed by atoms with E-state index in [1.54, 1.807) is 6.07 Å². The highest BCUT2D eigenvalue weighted by atomic mass is 19.1. The molecule has 21 heavy (non-hydrogen) atoms. The molecular weight excluding hydrogens is 273 g/mol. The summed E-state index contributed by atoms with van der Waals surface area (Å²) in [5.41, 5.74) is 1.70. The van der Waals surface area contributed by atoms with E-state index in [0.717, 1.165) is 5.56 Å². The minimum absolute atomic E-state index is 0.149. The summed E-state index contributed by atoms with van der Waals surface area (Å²) in [6.45, 7) is -0.192. The van der Waals surface area contributed by atoms with Crippen LogP contribution in [-0.4, -0.2) is 24.5 Å². The SMILES string of the molecule is CON=C(COc1ccc(CO)c(F)c1)c1ccccc1. The minimum Gasteiger partial charge on any atom is -0.487 e. The molecule has 0 aromatic heterocycles. The van der Waals surface area contributed by atoms with Gasteiger partial charge in [0.15, 0.2) is 0 Å². The Bertz CT molecular complexity index is 614. The van der Waals surface area contributed by atoms with Crippen LogP contribution in [0.5, 0.6) is 5.75 Å². The first kappa shape index (κ1) is 15.0. The molecule has 0 unspecified atom stereocenters. The first-order valence-electron chi connectivity index (χ1n) is 6.42. The normalized spacial score (nSPS) is 11.3. The van der Waals surface area contributed by atoms with Crippen molar-refractivity contribution in [3.63, 3.8) is 0 Å². The third kappa shape index (κ3) is 4.03. The largest absolute Gasteiger partial charge is 0.487 e. The average Bonchev–Trinajstić information content (AvgIpc) is 2.52. The molecule has 0 aliphatic rings. The summed E-state index contributed by atoms with van der Waals surface area (Å²) in [4.78, 5) is 4.81. The molecule has 2 aromatic carbocycles. The highest BCUT2D eigenvalue weighted by Gasteiger charge is 2.07. The fourth-order valence-electron chi connectivity index (χ4n) is 1.80. The van der Waals surface area contributed by atoms with Crippen LogP contribution in [-0.2, 0) is 11.4 Å². The Morgan fingerprint density at radius 1 is 1.19 bits per heavy atom. The Kier molecular flexibility index (Phi) is 5.29. The highest BCUT2D eigenvalue weighted by molar-refractivity contribution is 6.01. The molecule has 5 heteroatoms. The van der Waals surface area contributed by atoms with Crippen LogP contribution in [0, 0.1) is 5.82 Å². The maximum Gasteiger partial charge on any atom is 0.134 e. The Balaban J connectivity index is 2.09. The second-order valence-corrected chi connectivity index (χ2v) is 4.29. The van der Waals surface area contributed by atoms with E-state index in [2.05, 4.69) is 5.16 Å². The van der Waals surface area contributed by atoms with Crippen LogP contribution in [0.3, 0.4) is 0 Å². The van der Waals surface area contributed by atoms with E-state index in [0.29, 0.717) is 11.5 Å². The predicted molar refractivity (Wildman–Crippen MR) is 77.8 cm³/mol. The van der Waals surface area contributed by atoms with Crippen LogP contribution >= 0.6 is 0 Å². The molecule has 4 nitrogen and oxygen atoms in total. The summed E-state index contributed by atoms with van der Waals surface area (Å²) in [6.07, 6.45) is 0.